The minimum absolute atomic E-state index is 0.0254. The van der Waals surface area contributed by atoms with Crippen LogP contribution in [0.1, 0.15) is 34.3 Å². The van der Waals surface area contributed by atoms with Crippen LogP contribution >= 0.6 is 0 Å². The van der Waals surface area contributed by atoms with Crippen LogP contribution in [0, 0.1) is 5.41 Å². The number of methoxy groups -OCH3 is 1. The number of hydrogen-bond acceptors (Lipinski definition) is 5. The number of benzene rings is 2. The number of nitrogen functional groups attached to an aromatic ring is 1. The molecule has 1 saturated heterocycles. The Labute approximate surface area is 163 Å². The molecule has 2 aromatic carbocycles. The molecule has 5 N–H and O–H groups in total. The van der Waals surface area contributed by atoms with Crippen LogP contribution in [0.2, 0.25) is 0 Å². The van der Waals surface area contributed by atoms with Gasteiger partial charge in [-0.3, -0.25) is 10.2 Å². The number of carbonyl (C=O) groups excluding carboxylic acids is 2. The molecule has 7 heteroatoms. The van der Waals surface area contributed by atoms with Gasteiger partial charge in [0.15, 0.2) is 0 Å². The Morgan fingerprint density at radius 1 is 1.21 bits per heavy atom. The Kier molecular flexibility index (Phi) is 6.06. The third kappa shape index (κ3) is 4.55. The van der Waals surface area contributed by atoms with Crippen molar-refractivity contribution in [1.82, 2.24) is 10.6 Å². The summed E-state index contributed by atoms with van der Waals surface area (Å²) in [6.07, 6.45) is 1.82. The van der Waals surface area contributed by atoms with Gasteiger partial charge in [-0.1, -0.05) is 18.2 Å². The summed E-state index contributed by atoms with van der Waals surface area (Å²) in [7, 11) is 1.33. The van der Waals surface area contributed by atoms with Crippen LogP contribution in [0.25, 0.3) is 11.1 Å². The van der Waals surface area contributed by atoms with Gasteiger partial charge in [0.05, 0.1) is 18.7 Å². The highest BCUT2D eigenvalue weighted by atomic mass is 16.5. The smallest absolute Gasteiger partial charge is 0.337 e. The van der Waals surface area contributed by atoms with E-state index in [1.807, 2.05) is 18.2 Å². The number of rotatable bonds is 6. The minimum Gasteiger partial charge on any atom is -0.465 e. The van der Waals surface area contributed by atoms with Crippen molar-refractivity contribution in [1.29, 1.82) is 5.41 Å². The van der Waals surface area contributed by atoms with Gasteiger partial charge in [0.1, 0.15) is 5.84 Å². The van der Waals surface area contributed by atoms with E-state index in [0.29, 0.717) is 17.7 Å². The lowest BCUT2D eigenvalue weighted by Crippen LogP contribution is -2.40. The van der Waals surface area contributed by atoms with Crippen molar-refractivity contribution >= 4 is 17.7 Å². The maximum absolute atomic E-state index is 12.3. The molecule has 146 valence electrons. The lowest BCUT2D eigenvalue weighted by atomic mass is 9.98. The van der Waals surface area contributed by atoms with Crippen molar-refractivity contribution < 1.29 is 14.3 Å². The zero-order chi connectivity index (χ0) is 20.1. The second kappa shape index (κ2) is 8.67. The number of hydrogen-bond donors (Lipinski definition) is 4. The molecule has 1 amide bonds. The molecule has 0 saturated carbocycles. The van der Waals surface area contributed by atoms with E-state index in [0.717, 1.165) is 36.1 Å². The topological polar surface area (TPSA) is 117 Å². The lowest BCUT2D eigenvalue weighted by molar-refractivity contribution is -0.122. The average molecular weight is 380 g/mol. The molecule has 1 heterocycles. The van der Waals surface area contributed by atoms with Gasteiger partial charge in [-0.2, -0.15) is 0 Å². The molecule has 0 radical (unpaired) electrons. The van der Waals surface area contributed by atoms with Gasteiger partial charge in [-0.15, -0.1) is 0 Å². The van der Waals surface area contributed by atoms with E-state index in [1.54, 1.807) is 24.3 Å². The fraction of sp³-hybridized carbons (Fsp3) is 0.286. The fourth-order valence-electron chi connectivity index (χ4n) is 3.28. The van der Waals surface area contributed by atoms with E-state index in [9.17, 15) is 9.59 Å². The van der Waals surface area contributed by atoms with Gasteiger partial charge < -0.3 is 21.1 Å². The number of carbonyl (C=O) groups is 2. The summed E-state index contributed by atoms with van der Waals surface area (Å²) in [4.78, 5) is 24.4. The lowest BCUT2D eigenvalue weighted by Gasteiger charge is -2.13. The Bertz CT molecular complexity index is 904. The average Bonchev–Trinajstić information content (AvgIpc) is 3.26. The zero-order valence-corrected chi connectivity index (χ0v) is 15.7. The Morgan fingerprint density at radius 2 is 2.00 bits per heavy atom. The molecule has 1 atom stereocenters. The van der Waals surface area contributed by atoms with E-state index in [2.05, 4.69) is 10.6 Å². The number of esters is 1. The van der Waals surface area contributed by atoms with Crippen LogP contribution in [0.3, 0.4) is 0 Å². The second-order valence-electron chi connectivity index (χ2n) is 6.77. The van der Waals surface area contributed by atoms with Crippen LogP contribution in [-0.2, 0) is 16.1 Å². The van der Waals surface area contributed by atoms with Gasteiger partial charge in [0.2, 0.25) is 5.91 Å². The van der Waals surface area contributed by atoms with Gasteiger partial charge in [0.25, 0.3) is 0 Å². The van der Waals surface area contributed by atoms with Crippen LogP contribution in [-0.4, -0.2) is 37.4 Å². The molecule has 1 fully saturated rings. The maximum atomic E-state index is 12.3. The highest BCUT2D eigenvalue weighted by Crippen LogP contribution is 2.24. The Hall–Kier alpha value is -3.19. The highest BCUT2D eigenvalue weighted by molar-refractivity contribution is 5.96. The third-order valence-corrected chi connectivity index (χ3v) is 4.76. The molecular weight excluding hydrogens is 356 g/mol. The summed E-state index contributed by atoms with van der Waals surface area (Å²) in [6, 6.07) is 12.4. The molecule has 28 heavy (non-hydrogen) atoms. The summed E-state index contributed by atoms with van der Waals surface area (Å²) in [5.74, 6) is -0.516. The molecule has 1 aliphatic heterocycles. The number of ether oxygens (including phenoxy) is 1. The van der Waals surface area contributed by atoms with E-state index >= 15 is 0 Å². The summed E-state index contributed by atoms with van der Waals surface area (Å²) < 4.78 is 4.86. The molecule has 0 aromatic heterocycles. The number of nitrogens with one attached hydrogen (secondary N) is 3. The molecule has 0 unspecified atom stereocenters. The summed E-state index contributed by atoms with van der Waals surface area (Å²) >= 11 is 0. The van der Waals surface area contributed by atoms with Gasteiger partial charge in [-0.05, 0) is 60.3 Å². The van der Waals surface area contributed by atoms with Crippen molar-refractivity contribution in [2.75, 3.05) is 13.7 Å². The molecule has 2 aromatic rings. The number of amides is 1. The first-order valence-corrected chi connectivity index (χ1v) is 9.16. The molecule has 0 spiro atoms. The molecule has 1 aliphatic rings. The molecular formula is C21H24N4O3. The third-order valence-electron chi connectivity index (χ3n) is 4.76. The Balaban J connectivity index is 1.88. The van der Waals surface area contributed by atoms with Crippen molar-refractivity contribution in [2.45, 2.75) is 25.4 Å². The maximum Gasteiger partial charge on any atom is 0.337 e. The molecule has 0 bridgehead atoms. The van der Waals surface area contributed by atoms with Gasteiger partial charge >= 0.3 is 5.97 Å². The molecule has 3 rings (SSSR count). The van der Waals surface area contributed by atoms with E-state index in [1.165, 1.54) is 7.11 Å². The van der Waals surface area contributed by atoms with Crippen molar-refractivity contribution in [2.24, 2.45) is 5.73 Å². The van der Waals surface area contributed by atoms with Crippen LogP contribution in [0.15, 0.2) is 42.5 Å². The summed E-state index contributed by atoms with van der Waals surface area (Å²) in [5.41, 5.74) is 8.98. The number of nitrogens with two attached hydrogens (primary N) is 1. The van der Waals surface area contributed by atoms with Crippen molar-refractivity contribution in [3.63, 3.8) is 0 Å². The number of amidine groups is 1. The van der Waals surface area contributed by atoms with E-state index in [4.69, 9.17) is 15.9 Å². The van der Waals surface area contributed by atoms with Gasteiger partial charge in [-0.25, -0.2) is 4.79 Å². The monoisotopic (exact) mass is 380 g/mol. The summed E-state index contributed by atoms with van der Waals surface area (Å²) in [5, 5.41) is 13.7. The Morgan fingerprint density at radius 3 is 2.68 bits per heavy atom. The van der Waals surface area contributed by atoms with Crippen molar-refractivity contribution in [3.05, 3.63) is 59.2 Å². The van der Waals surface area contributed by atoms with Crippen LogP contribution in [0.5, 0.6) is 0 Å². The van der Waals surface area contributed by atoms with Crippen molar-refractivity contribution in [3.8, 4) is 11.1 Å². The van der Waals surface area contributed by atoms with Crippen LogP contribution in [0.4, 0.5) is 0 Å². The second-order valence-corrected chi connectivity index (χ2v) is 6.77. The first kappa shape index (κ1) is 19.6. The quantitative estimate of drug-likeness (QED) is 0.346. The molecule has 7 nitrogen and oxygen atoms in total. The van der Waals surface area contributed by atoms with E-state index < -0.39 is 5.97 Å². The SMILES string of the molecule is COC(=O)c1cc(CNC(=O)[C@H]2CCCN2)cc(-c2cccc(C(=N)N)c2)c1. The van der Waals surface area contributed by atoms with Gasteiger partial charge in [0, 0.05) is 12.1 Å². The first-order chi connectivity index (χ1) is 13.5. The standard InChI is InChI=1S/C21H24N4O3/c1-28-21(27)17-9-13(12-25-20(26)18-6-3-7-24-18)8-16(11-17)14-4-2-5-15(10-14)19(22)23/h2,4-5,8-11,18,24H,3,6-7,12H2,1H3,(H3,22,23)(H,25,26)/t18-/m1/s1. The zero-order valence-electron chi connectivity index (χ0n) is 15.7. The first-order valence-electron chi connectivity index (χ1n) is 9.16. The minimum atomic E-state index is -0.449. The fourth-order valence-corrected chi connectivity index (χ4v) is 3.28. The largest absolute Gasteiger partial charge is 0.465 e. The normalized spacial score (nSPS) is 15.8. The van der Waals surface area contributed by atoms with E-state index in [-0.39, 0.29) is 17.8 Å². The summed E-state index contributed by atoms with van der Waals surface area (Å²) in [6.45, 7) is 1.16. The van der Waals surface area contributed by atoms with Crippen LogP contribution < -0.4 is 16.4 Å². The predicted molar refractivity (Wildman–Crippen MR) is 107 cm³/mol. The highest BCUT2D eigenvalue weighted by Gasteiger charge is 2.21. The predicted octanol–water partition coefficient (Wildman–Crippen LogP) is 1.79. The molecule has 0 aliphatic carbocycles.